The van der Waals surface area contributed by atoms with Gasteiger partial charge in [0.2, 0.25) is 0 Å². The van der Waals surface area contributed by atoms with Gasteiger partial charge in [-0.3, -0.25) is 0 Å². The molecule has 1 saturated heterocycles. The zero-order valence-electron chi connectivity index (χ0n) is 12.4. The summed E-state index contributed by atoms with van der Waals surface area (Å²) in [5, 5.41) is 3.60. The molecular formula is C17H24BrNO2. The summed E-state index contributed by atoms with van der Waals surface area (Å²) in [4.78, 5) is 0. The van der Waals surface area contributed by atoms with E-state index >= 15 is 0 Å². The molecule has 3 rings (SSSR count). The van der Waals surface area contributed by atoms with E-state index in [0.717, 1.165) is 49.7 Å². The van der Waals surface area contributed by atoms with Gasteiger partial charge in [-0.1, -0.05) is 28.1 Å². The SMILES string of the molecule is Brc1ccc(C(CNC2CC2)OCC2CCOCC2)cc1. The van der Waals surface area contributed by atoms with Crippen LogP contribution in [0.25, 0.3) is 0 Å². The first-order chi connectivity index (χ1) is 10.3. The van der Waals surface area contributed by atoms with E-state index in [1.165, 1.54) is 18.4 Å². The molecule has 1 aliphatic carbocycles. The molecule has 116 valence electrons. The zero-order chi connectivity index (χ0) is 14.5. The molecule has 1 aliphatic heterocycles. The molecule has 4 heteroatoms. The summed E-state index contributed by atoms with van der Waals surface area (Å²) in [5.74, 6) is 0.651. The van der Waals surface area contributed by atoms with Gasteiger partial charge in [0.1, 0.15) is 0 Å². The van der Waals surface area contributed by atoms with E-state index in [1.807, 2.05) is 0 Å². The fourth-order valence-corrected chi connectivity index (χ4v) is 2.94. The van der Waals surface area contributed by atoms with Crippen LogP contribution in [0, 0.1) is 5.92 Å². The Hall–Kier alpha value is -0.420. The largest absolute Gasteiger partial charge is 0.381 e. The number of ether oxygens (including phenoxy) is 2. The lowest BCUT2D eigenvalue weighted by atomic mass is 10.0. The minimum atomic E-state index is 0.154. The summed E-state index contributed by atoms with van der Waals surface area (Å²) in [6.07, 6.45) is 5.04. The van der Waals surface area contributed by atoms with E-state index in [4.69, 9.17) is 9.47 Å². The van der Waals surface area contributed by atoms with Crippen LogP contribution >= 0.6 is 15.9 Å². The van der Waals surface area contributed by atoms with E-state index in [0.29, 0.717) is 5.92 Å². The maximum atomic E-state index is 6.25. The van der Waals surface area contributed by atoms with Crippen molar-refractivity contribution >= 4 is 15.9 Å². The Labute approximate surface area is 135 Å². The van der Waals surface area contributed by atoms with Crippen molar-refractivity contribution in [2.45, 2.75) is 37.8 Å². The number of nitrogens with one attached hydrogen (secondary N) is 1. The molecule has 1 saturated carbocycles. The zero-order valence-corrected chi connectivity index (χ0v) is 14.0. The number of benzene rings is 1. The summed E-state index contributed by atoms with van der Waals surface area (Å²) in [6.45, 7) is 3.53. The predicted molar refractivity (Wildman–Crippen MR) is 87.4 cm³/mol. The van der Waals surface area contributed by atoms with Crippen molar-refractivity contribution in [3.8, 4) is 0 Å². The van der Waals surface area contributed by atoms with Crippen molar-refractivity contribution in [1.82, 2.24) is 5.32 Å². The van der Waals surface area contributed by atoms with Crippen molar-refractivity contribution in [2.24, 2.45) is 5.92 Å². The van der Waals surface area contributed by atoms with E-state index in [-0.39, 0.29) is 6.10 Å². The summed E-state index contributed by atoms with van der Waals surface area (Å²) in [6, 6.07) is 9.23. The highest BCUT2D eigenvalue weighted by atomic mass is 79.9. The quantitative estimate of drug-likeness (QED) is 0.810. The lowest BCUT2D eigenvalue weighted by Gasteiger charge is -2.25. The number of hydrogen-bond donors (Lipinski definition) is 1. The van der Waals surface area contributed by atoms with E-state index in [2.05, 4.69) is 45.5 Å². The van der Waals surface area contributed by atoms with Crippen LogP contribution in [0.4, 0.5) is 0 Å². The summed E-state index contributed by atoms with van der Waals surface area (Å²) in [5.41, 5.74) is 1.26. The van der Waals surface area contributed by atoms with Crippen molar-refractivity contribution in [3.05, 3.63) is 34.3 Å². The maximum absolute atomic E-state index is 6.25. The van der Waals surface area contributed by atoms with Gasteiger partial charge in [-0.15, -0.1) is 0 Å². The minimum absolute atomic E-state index is 0.154. The van der Waals surface area contributed by atoms with Crippen LogP contribution in [0.15, 0.2) is 28.7 Å². The Kier molecular flexibility index (Phi) is 5.69. The van der Waals surface area contributed by atoms with Crippen LogP contribution in [-0.4, -0.2) is 32.4 Å². The Bertz CT molecular complexity index is 427. The van der Waals surface area contributed by atoms with Crippen LogP contribution in [0.2, 0.25) is 0 Å². The topological polar surface area (TPSA) is 30.5 Å². The Morgan fingerprint density at radius 1 is 1.14 bits per heavy atom. The number of rotatable bonds is 7. The third-order valence-electron chi connectivity index (χ3n) is 4.29. The standard InChI is InChI=1S/C17H24BrNO2/c18-15-3-1-14(2-4-15)17(11-19-16-5-6-16)21-12-13-7-9-20-10-8-13/h1-4,13,16-17,19H,5-12H2. The van der Waals surface area contributed by atoms with Crippen molar-refractivity contribution in [2.75, 3.05) is 26.4 Å². The molecule has 3 nitrogen and oxygen atoms in total. The normalized spacial score (nSPS) is 21.4. The second-order valence-corrected chi connectivity index (χ2v) is 7.03. The predicted octanol–water partition coefficient (Wildman–Crippen LogP) is 3.69. The second-order valence-electron chi connectivity index (χ2n) is 6.11. The number of halogens is 1. The fourth-order valence-electron chi connectivity index (χ4n) is 2.68. The molecule has 0 aromatic heterocycles. The van der Waals surface area contributed by atoms with Gasteiger partial charge in [-0.2, -0.15) is 0 Å². The van der Waals surface area contributed by atoms with Gasteiger partial charge in [0.15, 0.2) is 0 Å². The summed E-state index contributed by atoms with van der Waals surface area (Å²) < 4.78 is 12.8. The van der Waals surface area contributed by atoms with Crippen molar-refractivity contribution < 1.29 is 9.47 Å². The first kappa shape index (κ1) is 15.5. The van der Waals surface area contributed by atoms with Crippen LogP contribution in [0.1, 0.15) is 37.4 Å². The number of hydrogen-bond acceptors (Lipinski definition) is 3. The summed E-state index contributed by atoms with van der Waals surface area (Å²) >= 11 is 3.50. The van der Waals surface area contributed by atoms with Gasteiger partial charge in [-0.25, -0.2) is 0 Å². The van der Waals surface area contributed by atoms with Gasteiger partial charge in [-0.05, 0) is 49.3 Å². The molecule has 1 aromatic rings. The first-order valence-corrected chi connectivity index (χ1v) is 8.79. The third kappa shape index (κ3) is 5.06. The molecule has 0 radical (unpaired) electrons. The average Bonchev–Trinajstić information content (AvgIpc) is 3.34. The molecule has 2 aliphatic rings. The van der Waals surface area contributed by atoms with Crippen molar-refractivity contribution in [3.63, 3.8) is 0 Å². The highest BCUT2D eigenvalue weighted by Gasteiger charge is 2.23. The van der Waals surface area contributed by atoms with Gasteiger partial charge < -0.3 is 14.8 Å². The average molecular weight is 354 g/mol. The monoisotopic (exact) mass is 353 g/mol. The molecule has 1 heterocycles. The highest BCUT2D eigenvalue weighted by molar-refractivity contribution is 9.10. The van der Waals surface area contributed by atoms with Crippen LogP contribution in [-0.2, 0) is 9.47 Å². The molecule has 21 heavy (non-hydrogen) atoms. The minimum Gasteiger partial charge on any atom is -0.381 e. The lowest BCUT2D eigenvalue weighted by Crippen LogP contribution is -2.28. The Balaban J connectivity index is 1.55. The first-order valence-electron chi connectivity index (χ1n) is 7.99. The smallest absolute Gasteiger partial charge is 0.0949 e. The molecule has 0 amide bonds. The highest BCUT2D eigenvalue weighted by Crippen LogP contribution is 2.25. The summed E-state index contributed by atoms with van der Waals surface area (Å²) in [7, 11) is 0. The molecule has 0 bridgehead atoms. The molecule has 2 fully saturated rings. The Morgan fingerprint density at radius 3 is 2.52 bits per heavy atom. The van der Waals surface area contributed by atoms with E-state index in [9.17, 15) is 0 Å². The van der Waals surface area contributed by atoms with Gasteiger partial charge >= 0.3 is 0 Å². The van der Waals surface area contributed by atoms with E-state index < -0.39 is 0 Å². The second kappa shape index (κ2) is 7.73. The Morgan fingerprint density at radius 2 is 1.86 bits per heavy atom. The van der Waals surface area contributed by atoms with Crippen LogP contribution in [0.5, 0.6) is 0 Å². The van der Waals surface area contributed by atoms with E-state index in [1.54, 1.807) is 0 Å². The van der Waals surface area contributed by atoms with Gasteiger partial charge in [0.25, 0.3) is 0 Å². The molecule has 1 aromatic carbocycles. The van der Waals surface area contributed by atoms with Crippen LogP contribution in [0.3, 0.4) is 0 Å². The third-order valence-corrected chi connectivity index (χ3v) is 4.81. The maximum Gasteiger partial charge on any atom is 0.0949 e. The lowest BCUT2D eigenvalue weighted by molar-refractivity contribution is -0.0115. The van der Waals surface area contributed by atoms with Crippen molar-refractivity contribution in [1.29, 1.82) is 0 Å². The fraction of sp³-hybridized carbons (Fsp3) is 0.647. The molecule has 1 N–H and O–H groups in total. The molecule has 1 atom stereocenters. The van der Waals surface area contributed by atoms with Gasteiger partial charge in [0.05, 0.1) is 12.7 Å². The van der Waals surface area contributed by atoms with Crippen LogP contribution < -0.4 is 5.32 Å². The molecule has 0 spiro atoms. The molecular weight excluding hydrogens is 330 g/mol. The molecule has 1 unspecified atom stereocenters. The van der Waals surface area contributed by atoms with Gasteiger partial charge in [0, 0.05) is 30.3 Å².